The summed E-state index contributed by atoms with van der Waals surface area (Å²) in [7, 11) is 0. The van der Waals surface area contributed by atoms with Crippen LogP contribution in [-0.2, 0) is 23.4 Å². The Morgan fingerprint density at radius 3 is 2.42 bits per heavy atom. The number of fused-ring (bicyclic) bond motifs is 1. The molecule has 2 heterocycles. The minimum absolute atomic E-state index is 0.0642. The number of likely N-dealkylation sites (tertiary alicyclic amines) is 1. The lowest BCUT2D eigenvalue weighted by atomic mass is 9.71. The van der Waals surface area contributed by atoms with Gasteiger partial charge >= 0.3 is 0 Å². The molecule has 45 heavy (non-hydrogen) atoms. The summed E-state index contributed by atoms with van der Waals surface area (Å²) >= 11 is 6.08. The smallest absolute Gasteiger partial charge is 0.234 e. The molecule has 3 unspecified atom stereocenters. The SMILES string of the molecule is Cc1cccc2c1nc(COc1ccc(Cl)cc1)n2CCCC(c1ccccc1)N1CCC(C)(c2ccccc2)CC1C(N)=O. The number of ether oxygens (including phenoxy) is 1. The molecule has 4 aromatic carbocycles. The van der Waals surface area contributed by atoms with E-state index in [1.165, 1.54) is 11.1 Å². The second-order valence-electron chi connectivity index (χ2n) is 12.5. The van der Waals surface area contributed by atoms with Crippen molar-refractivity contribution in [3.05, 3.63) is 131 Å². The number of imidazole rings is 1. The Morgan fingerprint density at radius 2 is 1.71 bits per heavy atom. The van der Waals surface area contributed by atoms with Crippen molar-refractivity contribution in [3.63, 3.8) is 0 Å². The molecule has 1 aromatic heterocycles. The summed E-state index contributed by atoms with van der Waals surface area (Å²) < 4.78 is 8.43. The maximum atomic E-state index is 13.1. The maximum absolute atomic E-state index is 13.1. The minimum atomic E-state index is -0.353. The van der Waals surface area contributed by atoms with Crippen LogP contribution in [0.25, 0.3) is 11.0 Å². The molecule has 2 N–H and O–H groups in total. The molecule has 0 radical (unpaired) electrons. The van der Waals surface area contributed by atoms with Gasteiger partial charge < -0.3 is 15.0 Å². The van der Waals surface area contributed by atoms with Crippen LogP contribution >= 0.6 is 11.6 Å². The molecule has 1 aliphatic rings. The third-order valence-electron chi connectivity index (χ3n) is 9.45. The predicted molar refractivity (Wildman–Crippen MR) is 181 cm³/mol. The Balaban J connectivity index is 1.24. The highest BCUT2D eigenvalue weighted by Gasteiger charge is 2.42. The number of rotatable bonds is 11. The minimum Gasteiger partial charge on any atom is -0.486 e. The average molecular weight is 621 g/mol. The molecule has 1 saturated heterocycles. The van der Waals surface area contributed by atoms with E-state index >= 15 is 0 Å². The molecule has 0 spiro atoms. The van der Waals surface area contributed by atoms with E-state index in [0.29, 0.717) is 18.1 Å². The van der Waals surface area contributed by atoms with Crippen LogP contribution < -0.4 is 10.5 Å². The highest BCUT2D eigenvalue weighted by molar-refractivity contribution is 6.30. The fourth-order valence-electron chi connectivity index (χ4n) is 6.93. The zero-order valence-electron chi connectivity index (χ0n) is 26.0. The molecular formula is C38H41ClN4O2. The van der Waals surface area contributed by atoms with Gasteiger partial charge in [-0.15, -0.1) is 0 Å². The van der Waals surface area contributed by atoms with Crippen molar-refractivity contribution in [2.24, 2.45) is 5.73 Å². The highest BCUT2D eigenvalue weighted by Crippen LogP contribution is 2.42. The maximum Gasteiger partial charge on any atom is 0.234 e. The van der Waals surface area contributed by atoms with Gasteiger partial charge in [0.15, 0.2) is 0 Å². The van der Waals surface area contributed by atoms with Crippen LogP contribution in [0.5, 0.6) is 5.75 Å². The van der Waals surface area contributed by atoms with Gasteiger partial charge in [0, 0.05) is 24.2 Å². The van der Waals surface area contributed by atoms with Crippen LogP contribution in [-0.4, -0.2) is 32.9 Å². The number of hydrogen-bond donors (Lipinski definition) is 1. The molecule has 5 aromatic rings. The van der Waals surface area contributed by atoms with E-state index in [-0.39, 0.29) is 23.4 Å². The Labute approximate surface area is 270 Å². The Hall–Kier alpha value is -4.13. The van der Waals surface area contributed by atoms with Gasteiger partial charge in [0.1, 0.15) is 18.2 Å². The summed E-state index contributed by atoms with van der Waals surface area (Å²) in [6, 6.07) is 34.5. The number of aromatic nitrogens is 2. The molecule has 6 rings (SSSR count). The summed E-state index contributed by atoms with van der Waals surface area (Å²) in [6.45, 7) is 6.29. The summed E-state index contributed by atoms with van der Waals surface area (Å²) in [6.07, 6.45) is 3.43. The first-order chi connectivity index (χ1) is 21.8. The number of carbonyl (C=O) groups excluding carboxylic acids is 1. The number of benzene rings is 4. The molecule has 6 nitrogen and oxygen atoms in total. The van der Waals surface area contributed by atoms with Gasteiger partial charge in [0.05, 0.1) is 17.1 Å². The lowest BCUT2D eigenvalue weighted by Crippen LogP contribution is -2.54. The van der Waals surface area contributed by atoms with Crippen molar-refractivity contribution in [3.8, 4) is 5.75 Å². The number of aryl methyl sites for hydroxylation is 2. The van der Waals surface area contributed by atoms with Gasteiger partial charge in [-0.25, -0.2) is 4.98 Å². The first-order valence-electron chi connectivity index (χ1n) is 15.8. The third-order valence-corrected chi connectivity index (χ3v) is 9.70. The molecule has 232 valence electrons. The molecule has 0 bridgehead atoms. The molecule has 0 aliphatic carbocycles. The van der Waals surface area contributed by atoms with E-state index in [4.69, 9.17) is 27.1 Å². The fourth-order valence-corrected chi connectivity index (χ4v) is 7.06. The lowest BCUT2D eigenvalue weighted by Gasteiger charge is -2.47. The molecule has 7 heteroatoms. The Morgan fingerprint density at radius 1 is 1.00 bits per heavy atom. The number of carbonyl (C=O) groups is 1. The van der Waals surface area contributed by atoms with Gasteiger partial charge in [-0.1, -0.05) is 91.3 Å². The monoisotopic (exact) mass is 620 g/mol. The topological polar surface area (TPSA) is 73.4 Å². The Bertz CT molecular complexity index is 1740. The van der Waals surface area contributed by atoms with Gasteiger partial charge in [0.25, 0.3) is 0 Å². The van der Waals surface area contributed by atoms with E-state index in [1.54, 1.807) is 0 Å². The number of primary amides is 1. The number of hydrogen-bond acceptors (Lipinski definition) is 4. The first kappa shape index (κ1) is 30.9. The van der Waals surface area contributed by atoms with Crippen molar-refractivity contribution in [2.75, 3.05) is 6.54 Å². The number of para-hydroxylation sites is 1. The van der Waals surface area contributed by atoms with Crippen LogP contribution in [0.2, 0.25) is 5.02 Å². The van der Waals surface area contributed by atoms with Gasteiger partial charge in [0.2, 0.25) is 5.91 Å². The second kappa shape index (κ2) is 13.5. The van der Waals surface area contributed by atoms with Crippen LogP contribution in [0, 0.1) is 6.92 Å². The zero-order chi connectivity index (χ0) is 31.4. The highest BCUT2D eigenvalue weighted by atomic mass is 35.5. The van der Waals surface area contributed by atoms with E-state index < -0.39 is 0 Å². The number of amides is 1. The van der Waals surface area contributed by atoms with Crippen LogP contribution in [0.15, 0.2) is 103 Å². The average Bonchev–Trinajstić information content (AvgIpc) is 3.42. The number of nitrogens with zero attached hydrogens (tertiary/aromatic N) is 3. The van der Waals surface area contributed by atoms with Gasteiger partial charge in [-0.2, -0.15) is 0 Å². The van der Waals surface area contributed by atoms with E-state index in [0.717, 1.165) is 60.5 Å². The number of halogens is 1. The number of piperidine rings is 1. The predicted octanol–water partition coefficient (Wildman–Crippen LogP) is 8.01. The second-order valence-corrected chi connectivity index (χ2v) is 12.9. The van der Waals surface area contributed by atoms with Crippen molar-refractivity contribution >= 4 is 28.5 Å². The third kappa shape index (κ3) is 6.77. The lowest BCUT2D eigenvalue weighted by molar-refractivity contribution is -0.127. The van der Waals surface area contributed by atoms with Crippen molar-refractivity contribution in [1.82, 2.24) is 14.5 Å². The van der Waals surface area contributed by atoms with E-state index in [9.17, 15) is 4.79 Å². The summed E-state index contributed by atoms with van der Waals surface area (Å²) in [4.78, 5) is 20.4. The quantitative estimate of drug-likeness (QED) is 0.162. The van der Waals surface area contributed by atoms with Crippen molar-refractivity contribution in [2.45, 2.75) is 70.2 Å². The van der Waals surface area contributed by atoms with E-state index in [1.807, 2.05) is 36.4 Å². The molecule has 1 aliphatic heterocycles. The summed E-state index contributed by atoms with van der Waals surface area (Å²) in [5.74, 6) is 1.39. The van der Waals surface area contributed by atoms with Crippen LogP contribution in [0.4, 0.5) is 0 Å². The van der Waals surface area contributed by atoms with Crippen molar-refractivity contribution < 1.29 is 9.53 Å². The summed E-state index contributed by atoms with van der Waals surface area (Å²) in [5, 5.41) is 0.676. The van der Waals surface area contributed by atoms with E-state index in [2.05, 4.69) is 90.0 Å². The molecular weight excluding hydrogens is 580 g/mol. The molecule has 0 saturated carbocycles. The van der Waals surface area contributed by atoms with Crippen LogP contribution in [0.3, 0.4) is 0 Å². The fraction of sp³-hybridized carbons (Fsp3) is 0.316. The molecule has 3 atom stereocenters. The van der Waals surface area contributed by atoms with Gasteiger partial charge in [-0.3, -0.25) is 9.69 Å². The molecule has 1 amide bonds. The Kier molecular flexibility index (Phi) is 9.24. The standard InChI is InChI=1S/C38H41ClN4O2/c1-27-11-9-16-33-36(27)41-35(26-45-31-20-18-30(39)19-21-31)43(33)23-10-17-32(28-12-5-3-6-13-28)42-24-22-38(2,25-34(42)37(40)44)29-14-7-4-8-15-29/h3-9,11-16,18-21,32,34H,10,17,22-26H2,1-2H3,(H2,40,44). The number of nitrogens with two attached hydrogens (primary N) is 1. The normalized spacial score (nSPS) is 19.4. The first-order valence-corrected chi connectivity index (χ1v) is 16.2. The summed E-state index contributed by atoms with van der Waals surface area (Å²) in [5.41, 5.74) is 11.8. The van der Waals surface area contributed by atoms with Gasteiger partial charge in [-0.05, 0) is 85.0 Å². The molecule has 1 fully saturated rings. The van der Waals surface area contributed by atoms with Crippen LogP contribution in [0.1, 0.15) is 61.2 Å². The van der Waals surface area contributed by atoms with Crippen molar-refractivity contribution in [1.29, 1.82) is 0 Å². The zero-order valence-corrected chi connectivity index (χ0v) is 26.8. The largest absolute Gasteiger partial charge is 0.486 e.